The van der Waals surface area contributed by atoms with Crippen molar-refractivity contribution in [3.05, 3.63) is 29.8 Å². The van der Waals surface area contributed by atoms with Crippen LogP contribution in [0, 0.1) is 0 Å². The van der Waals surface area contributed by atoms with E-state index in [0.717, 1.165) is 29.5 Å². The third-order valence-corrected chi connectivity index (χ3v) is 3.21. The molecule has 0 amide bonds. The first-order valence-electron chi connectivity index (χ1n) is 6.88. The molecule has 20 heavy (non-hydrogen) atoms. The molecule has 112 valence electrons. The predicted octanol–water partition coefficient (Wildman–Crippen LogP) is 2.85. The molecule has 1 aromatic carbocycles. The molecule has 0 fully saturated rings. The van der Waals surface area contributed by atoms with Gasteiger partial charge in [-0.1, -0.05) is 41.4 Å². The molecule has 0 heterocycles. The minimum Gasteiger partial charge on any atom is -0.493 e. The van der Waals surface area contributed by atoms with Gasteiger partial charge in [-0.05, 0) is 24.1 Å². The highest BCUT2D eigenvalue weighted by Gasteiger charge is 2.20. The van der Waals surface area contributed by atoms with Gasteiger partial charge in [-0.25, -0.2) is 0 Å². The third kappa shape index (κ3) is 5.51. The molecule has 0 radical (unpaired) electrons. The second-order valence-electron chi connectivity index (χ2n) is 4.42. The molecular weight excluding hydrogens is 322 g/mol. The fourth-order valence-corrected chi connectivity index (χ4v) is 1.90. The molecule has 1 aromatic rings. The molecule has 1 unspecified atom stereocenters. The topological polar surface area (TPSA) is 61.5 Å². The summed E-state index contributed by atoms with van der Waals surface area (Å²) in [7, 11) is 0. The van der Waals surface area contributed by atoms with E-state index >= 15 is 0 Å². The monoisotopic (exact) mass is 343 g/mol. The average molecular weight is 344 g/mol. The SMILES string of the molecule is CCCCOC(=O)C(CN)c1ccc(OCCBr)cc1. The summed E-state index contributed by atoms with van der Waals surface area (Å²) in [6.07, 6.45) is 1.88. The van der Waals surface area contributed by atoms with Crippen molar-refractivity contribution in [1.82, 2.24) is 0 Å². The summed E-state index contributed by atoms with van der Waals surface area (Å²) in [4.78, 5) is 12.0. The van der Waals surface area contributed by atoms with Crippen LogP contribution in [0.4, 0.5) is 0 Å². The first-order chi connectivity index (χ1) is 9.72. The van der Waals surface area contributed by atoms with Crippen LogP contribution >= 0.6 is 15.9 Å². The van der Waals surface area contributed by atoms with Crippen molar-refractivity contribution in [1.29, 1.82) is 0 Å². The van der Waals surface area contributed by atoms with Crippen molar-refractivity contribution in [3.8, 4) is 5.75 Å². The Bertz CT molecular complexity index is 395. The Morgan fingerprint density at radius 1 is 1.30 bits per heavy atom. The summed E-state index contributed by atoms with van der Waals surface area (Å²) in [5.41, 5.74) is 6.55. The number of hydrogen-bond donors (Lipinski definition) is 1. The van der Waals surface area contributed by atoms with Crippen molar-refractivity contribution in [3.63, 3.8) is 0 Å². The zero-order chi connectivity index (χ0) is 14.8. The second-order valence-corrected chi connectivity index (χ2v) is 5.21. The number of carbonyl (C=O) groups is 1. The molecule has 0 bridgehead atoms. The minimum absolute atomic E-state index is 0.243. The van der Waals surface area contributed by atoms with Crippen molar-refractivity contribution >= 4 is 21.9 Å². The number of ether oxygens (including phenoxy) is 2. The molecule has 0 aliphatic rings. The molecule has 4 nitrogen and oxygen atoms in total. The maximum Gasteiger partial charge on any atom is 0.314 e. The van der Waals surface area contributed by atoms with Crippen LogP contribution in [-0.2, 0) is 9.53 Å². The van der Waals surface area contributed by atoms with Gasteiger partial charge in [0.05, 0.1) is 19.1 Å². The maximum absolute atomic E-state index is 12.0. The molecular formula is C15H22BrNO3. The van der Waals surface area contributed by atoms with Crippen LogP contribution in [0.1, 0.15) is 31.2 Å². The summed E-state index contributed by atoms with van der Waals surface area (Å²) < 4.78 is 10.7. The van der Waals surface area contributed by atoms with E-state index in [1.54, 1.807) is 0 Å². The molecule has 0 spiro atoms. The highest BCUT2D eigenvalue weighted by molar-refractivity contribution is 9.09. The molecule has 0 saturated carbocycles. The lowest BCUT2D eigenvalue weighted by Crippen LogP contribution is -2.24. The van der Waals surface area contributed by atoms with Crippen molar-refractivity contribution < 1.29 is 14.3 Å². The average Bonchev–Trinajstić information content (AvgIpc) is 2.47. The number of halogens is 1. The normalized spacial score (nSPS) is 11.9. The van der Waals surface area contributed by atoms with Gasteiger partial charge in [0.2, 0.25) is 0 Å². The standard InChI is InChI=1S/C15H22BrNO3/c1-2-3-9-20-15(18)14(11-17)12-4-6-13(7-5-12)19-10-8-16/h4-7,14H,2-3,8-11,17H2,1H3. The van der Waals surface area contributed by atoms with E-state index in [4.69, 9.17) is 15.2 Å². The number of hydrogen-bond acceptors (Lipinski definition) is 4. The fraction of sp³-hybridized carbons (Fsp3) is 0.533. The number of unbranched alkanes of at least 4 members (excludes halogenated alkanes) is 1. The van der Waals surface area contributed by atoms with E-state index in [2.05, 4.69) is 22.9 Å². The zero-order valence-corrected chi connectivity index (χ0v) is 13.4. The maximum atomic E-state index is 12.0. The number of alkyl halides is 1. The number of rotatable bonds is 9. The summed E-state index contributed by atoms with van der Waals surface area (Å²) in [5.74, 6) is 0.121. The number of esters is 1. The van der Waals surface area contributed by atoms with Gasteiger partial charge < -0.3 is 15.2 Å². The van der Waals surface area contributed by atoms with Crippen molar-refractivity contribution in [2.24, 2.45) is 5.73 Å². The summed E-state index contributed by atoms with van der Waals surface area (Å²) in [6.45, 7) is 3.36. The van der Waals surface area contributed by atoms with E-state index in [1.165, 1.54) is 0 Å². The summed E-state index contributed by atoms with van der Waals surface area (Å²) in [5, 5.41) is 0.782. The first-order valence-corrected chi connectivity index (χ1v) is 8.00. The van der Waals surface area contributed by atoms with Crippen LogP contribution in [0.5, 0.6) is 5.75 Å². The largest absolute Gasteiger partial charge is 0.493 e. The molecule has 0 aliphatic carbocycles. The quantitative estimate of drug-likeness (QED) is 0.425. The van der Waals surface area contributed by atoms with Crippen LogP contribution in [0.3, 0.4) is 0 Å². The highest BCUT2D eigenvalue weighted by atomic mass is 79.9. The third-order valence-electron chi connectivity index (χ3n) is 2.89. The van der Waals surface area contributed by atoms with E-state index in [9.17, 15) is 4.79 Å². The minimum atomic E-state index is -0.405. The molecule has 2 N–H and O–H groups in total. The molecule has 0 aromatic heterocycles. The fourth-order valence-electron chi connectivity index (χ4n) is 1.74. The Labute approximate surface area is 128 Å². The van der Waals surface area contributed by atoms with Crippen molar-refractivity contribution in [2.45, 2.75) is 25.7 Å². The van der Waals surface area contributed by atoms with Crippen molar-refractivity contribution in [2.75, 3.05) is 25.1 Å². The number of nitrogens with two attached hydrogens (primary N) is 1. The highest BCUT2D eigenvalue weighted by Crippen LogP contribution is 2.20. The number of benzene rings is 1. The second kappa shape index (κ2) is 9.77. The van der Waals surface area contributed by atoms with Gasteiger partial charge in [0.15, 0.2) is 0 Å². The Morgan fingerprint density at radius 2 is 2.00 bits per heavy atom. The van der Waals surface area contributed by atoms with Gasteiger partial charge in [0.25, 0.3) is 0 Å². The van der Waals surface area contributed by atoms with Gasteiger partial charge in [-0.3, -0.25) is 4.79 Å². The Hall–Kier alpha value is -1.07. The van der Waals surface area contributed by atoms with E-state index < -0.39 is 5.92 Å². The zero-order valence-electron chi connectivity index (χ0n) is 11.8. The van der Waals surface area contributed by atoms with E-state index in [0.29, 0.717) is 13.2 Å². The molecule has 5 heteroatoms. The Kier molecular flexibility index (Phi) is 8.30. The van der Waals surface area contributed by atoms with Gasteiger partial charge >= 0.3 is 5.97 Å². The Morgan fingerprint density at radius 3 is 2.55 bits per heavy atom. The molecule has 1 rings (SSSR count). The first kappa shape index (κ1) is 17.0. The van der Waals surface area contributed by atoms with E-state index in [1.807, 2.05) is 24.3 Å². The van der Waals surface area contributed by atoms with Gasteiger partial charge in [0, 0.05) is 11.9 Å². The van der Waals surface area contributed by atoms with E-state index in [-0.39, 0.29) is 12.5 Å². The molecule has 0 saturated heterocycles. The lowest BCUT2D eigenvalue weighted by atomic mass is 9.99. The summed E-state index contributed by atoms with van der Waals surface area (Å²) in [6, 6.07) is 7.42. The Balaban J connectivity index is 2.62. The van der Waals surface area contributed by atoms with Crippen LogP contribution in [0.15, 0.2) is 24.3 Å². The van der Waals surface area contributed by atoms with Crippen LogP contribution in [-0.4, -0.2) is 31.1 Å². The lowest BCUT2D eigenvalue weighted by molar-refractivity contribution is -0.145. The van der Waals surface area contributed by atoms with Gasteiger partial charge in [0.1, 0.15) is 5.75 Å². The van der Waals surface area contributed by atoms with Gasteiger partial charge in [-0.15, -0.1) is 0 Å². The van der Waals surface area contributed by atoms with Crippen LogP contribution in [0.2, 0.25) is 0 Å². The van der Waals surface area contributed by atoms with Crippen LogP contribution < -0.4 is 10.5 Å². The summed E-state index contributed by atoms with van der Waals surface area (Å²) >= 11 is 3.30. The molecule has 0 aliphatic heterocycles. The van der Waals surface area contributed by atoms with Crippen LogP contribution in [0.25, 0.3) is 0 Å². The number of carbonyl (C=O) groups excluding carboxylic acids is 1. The predicted molar refractivity (Wildman–Crippen MR) is 83.4 cm³/mol. The molecule has 1 atom stereocenters. The smallest absolute Gasteiger partial charge is 0.314 e. The van der Waals surface area contributed by atoms with Gasteiger partial charge in [-0.2, -0.15) is 0 Å². The lowest BCUT2D eigenvalue weighted by Gasteiger charge is -2.15.